The first-order valence-electron chi connectivity index (χ1n) is 11.1. The smallest absolute Gasteiger partial charge is 0.341 e. The van der Waals surface area contributed by atoms with Gasteiger partial charge in [-0.3, -0.25) is 4.79 Å². The fourth-order valence-electron chi connectivity index (χ4n) is 4.04. The highest BCUT2D eigenvalue weighted by Gasteiger charge is 2.34. The number of hydrogen-bond acceptors (Lipinski definition) is 3. The number of amides is 1. The molecule has 0 radical (unpaired) electrons. The maximum absolute atomic E-state index is 13.2. The van der Waals surface area contributed by atoms with Gasteiger partial charge in [-0.15, -0.1) is 0 Å². The fraction of sp³-hybridized carbons (Fsp3) is 0.458. The molecule has 1 N–H and O–H groups in total. The first-order valence-corrected chi connectivity index (χ1v) is 12.2. The quantitative estimate of drug-likeness (QED) is 0.614. The lowest BCUT2D eigenvalue weighted by Crippen LogP contribution is -2.50. The van der Waals surface area contributed by atoms with Crippen LogP contribution >= 0.6 is 0 Å². The molecule has 0 aromatic heterocycles. The van der Waals surface area contributed by atoms with Crippen LogP contribution in [0.25, 0.3) is 0 Å². The largest absolute Gasteiger partial charge is 0.416 e. The van der Waals surface area contributed by atoms with Crippen molar-refractivity contribution in [1.82, 2.24) is 14.5 Å². The number of piperidine rings is 1. The first-order chi connectivity index (χ1) is 15.7. The third kappa shape index (κ3) is 6.88. The molecule has 1 atom stereocenters. The third-order valence-electron chi connectivity index (χ3n) is 5.69. The zero-order chi connectivity index (χ0) is 24.0. The van der Waals surface area contributed by atoms with E-state index in [4.69, 9.17) is 0 Å². The topological polar surface area (TPSA) is 52.6 Å². The summed E-state index contributed by atoms with van der Waals surface area (Å²) in [7, 11) is -1.72. The molecule has 1 aliphatic rings. The second-order valence-corrected chi connectivity index (χ2v) is 9.82. The Bertz CT molecular complexity index is 945. The van der Waals surface area contributed by atoms with E-state index in [1.165, 1.54) is 12.1 Å². The number of carbonyl (C=O) groups excluding carboxylic acids is 1. The molecule has 9 heteroatoms. The van der Waals surface area contributed by atoms with Crippen molar-refractivity contribution in [3.05, 3.63) is 65.7 Å². The predicted octanol–water partition coefficient (Wildman–Crippen LogP) is 4.22. The minimum atomic E-state index is -4.48. The maximum Gasteiger partial charge on any atom is 0.416 e. The van der Waals surface area contributed by atoms with Crippen LogP contribution in [-0.4, -0.2) is 51.0 Å². The molecule has 0 aliphatic carbocycles. The monoisotopic (exact) mass is 481 g/mol. The molecule has 0 bridgehead atoms. The molecular formula is C24H30F3N3O2S. The molecule has 2 aromatic carbocycles. The van der Waals surface area contributed by atoms with Gasteiger partial charge in [-0.1, -0.05) is 36.4 Å². The highest BCUT2D eigenvalue weighted by Crippen LogP contribution is 2.31. The molecule has 180 valence electrons. The van der Waals surface area contributed by atoms with Gasteiger partial charge in [-0.25, -0.2) is 8.51 Å². The summed E-state index contributed by atoms with van der Waals surface area (Å²) in [4.78, 5) is 14.5. The second-order valence-electron chi connectivity index (χ2n) is 8.43. The Balaban J connectivity index is 1.57. The Kier molecular flexibility index (Phi) is 8.67. The first kappa shape index (κ1) is 25.4. The lowest BCUT2D eigenvalue weighted by molar-refractivity contribution is -0.137. The van der Waals surface area contributed by atoms with E-state index in [0.717, 1.165) is 17.7 Å². The van der Waals surface area contributed by atoms with E-state index in [1.54, 1.807) is 9.21 Å². The standard InChI is InChI=1S/C24H30F3N3O2S/c1-18(2)30(33(32)22-10-6-9-20(15-22)24(25,26)27)21-11-13-29(14-12-21)23(31)17-28-16-19-7-4-3-5-8-19/h3-10,15,18,21,28H,11-14,16-17H2,1-2H3. The third-order valence-corrected chi connectivity index (χ3v) is 7.45. The van der Waals surface area contributed by atoms with Crippen molar-refractivity contribution in [2.75, 3.05) is 19.6 Å². The minimum absolute atomic E-state index is 0.0134. The lowest BCUT2D eigenvalue weighted by atomic mass is 10.0. The molecule has 0 spiro atoms. The highest BCUT2D eigenvalue weighted by molar-refractivity contribution is 7.82. The van der Waals surface area contributed by atoms with Crippen LogP contribution in [0, 0.1) is 0 Å². The van der Waals surface area contributed by atoms with E-state index in [9.17, 15) is 22.2 Å². The number of likely N-dealkylation sites (tertiary alicyclic amines) is 1. The summed E-state index contributed by atoms with van der Waals surface area (Å²) in [5.41, 5.74) is 0.300. The number of hydrogen-bond donors (Lipinski definition) is 1. The van der Waals surface area contributed by atoms with Gasteiger partial charge >= 0.3 is 6.18 Å². The number of benzene rings is 2. The normalized spacial score (nSPS) is 16.4. The summed E-state index contributed by atoms with van der Waals surface area (Å²) in [5, 5.41) is 3.17. The molecule has 1 saturated heterocycles. The van der Waals surface area contributed by atoms with Crippen LogP contribution < -0.4 is 5.32 Å². The van der Waals surface area contributed by atoms with E-state index in [2.05, 4.69) is 5.32 Å². The molecular weight excluding hydrogens is 451 g/mol. The fourth-order valence-corrected chi connectivity index (χ4v) is 5.57. The summed E-state index contributed by atoms with van der Waals surface area (Å²) in [6.45, 7) is 5.68. The molecule has 3 rings (SSSR count). The van der Waals surface area contributed by atoms with Crippen molar-refractivity contribution >= 4 is 16.9 Å². The Labute approximate surface area is 195 Å². The van der Waals surface area contributed by atoms with Gasteiger partial charge < -0.3 is 10.2 Å². The van der Waals surface area contributed by atoms with Crippen molar-refractivity contribution in [3.8, 4) is 0 Å². The van der Waals surface area contributed by atoms with Crippen molar-refractivity contribution in [1.29, 1.82) is 0 Å². The van der Waals surface area contributed by atoms with Crippen LogP contribution in [-0.2, 0) is 28.5 Å². The Morgan fingerprint density at radius 2 is 1.79 bits per heavy atom. The van der Waals surface area contributed by atoms with Crippen molar-refractivity contribution in [2.24, 2.45) is 0 Å². The van der Waals surface area contributed by atoms with Crippen LogP contribution in [0.2, 0.25) is 0 Å². The van der Waals surface area contributed by atoms with Gasteiger partial charge in [0.05, 0.1) is 17.0 Å². The molecule has 1 amide bonds. The van der Waals surface area contributed by atoms with Gasteiger partial charge in [0.25, 0.3) is 0 Å². The minimum Gasteiger partial charge on any atom is -0.341 e. The zero-order valence-electron chi connectivity index (χ0n) is 18.8. The molecule has 1 fully saturated rings. The molecule has 0 saturated carbocycles. The lowest BCUT2D eigenvalue weighted by Gasteiger charge is -2.39. The Hall–Kier alpha value is -2.23. The summed E-state index contributed by atoms with van der Waals surface area (Å²) >= 11 is 0. The van der Waals surface area contributed by atoms with Crippen LogP contribution in [0.1, 0.15) is 37.8 Å². The van der Waals surface area contributed by atoms with Gasteiger partial charge in [-0.05, 0) is 50.5 Å². The summed E-state index contributed by atoms with van der Waals surface area (Å²) in [6, 6.07) is 14.3. The summed E-state index contributed by atoms with van der Waals surface area (Å²) in [5.74, 6) is 0.0134. The number of alkyl halides is 3. The van der Waals surface area contributed by atoms with Crippen LogP contribution in [0.3, 0.4) is 0 Å². The zero-order valence-corrected chi connectivity index (χ0v) is 19.7. The van der Waals surface area contributed by atoms with Crippen LogP contribution in [0.5, 0.6) is 0 Å². The summed E-state index contributed by atoms with van der Waals surface area (Å²) in [6.07, 6.45) is -3.25. The average molecular weight is 482 g/mol. The van der Waals surface area contributed by atoms with Crippen LogP contribution in [0.4, 0.5) is 13.2 Å². The van der Waals surface area contributed by atoms with E-state index in [1.807, 2.05) is 44.2 Å². The molecule has 1 heterocycles. The van der Waals surface area contributed by atoms with E-state index < -0.39 is 22.7 Å². The van der Waals surface area contributed by atoms with Gasteiger partial charge in [-0.2, -0.15) is 13.2 Å². The average Bonchev–Trinajstić information content (AvgIpc) is 2.79. The highest BCUT2D eigenvalue weighted by atomic mass is 32.2. The molecule has 5 nitrogen and oxygen atoms in total. The number of carbonyl (C=O) groups is 1. The molecule has 1 unspecified atom stereocenters. The predicted molar refractivity (Wildman–Crippen MR) is 123 cm³/mol. The van der Waals surface area contributed by atoms with Crippen molar-refractivity contribution in [3.63, 3.8) is 0 Å². The molecule has 1 aliphatic heterocycles. The number of halogens is 3. The maximum atomic E-state index is 13.2. The number of rotatable bonds is 8. The Morgan fingerprint density at radius 1 is 1.12 bits per heavy atom. The van der Waals surface area contributed by atoms with Crippen molar-refractivity contribution < 1.29 is 22.2 Å². The molecule has 2 aromatic rings. The van der Waals surface area contributed by atoms with Gasteiger partial charge in [0, 0.05) is 31.7 Å². The van der Waals surface area contributed by atoms with Gasteiger partial charge in [0.1, 0.15) is 11.0 Å². The SMILES string of the molecule is CC(C)N(C1CCN(C(=O)CNCc2ccccc2)CC1)S(=O)c1cccc(C(F)(F)F)c1. The molecule has 33 heavy (non-hydrogen) atoms. The van der Waals surface area contributed by atoms with Crippen LogP contribution in [0.15, 0.2) is 59.5 Å². The van der Waals surface area contributed by atoms with Gasteiger partial charge in [0.15, 0.2) is 0 Å². The summed E-state index contributed by atoms with van der Waals surface area (Å²) < 4.78 is 54.3. The van der Waals surface area contributed by atoms with E-state index in [-0.39, 0.29) is 29.4 Å². The van der Waals surface area contributed by atoms with Crippen molar-refractivity contribution in [2.45, 2.75) is 56.4 Å². The van der Waals surface area contributed by atoms with E-state index >= 15 is 0 Å². The number of nitrogens with one attached hydrogen (secondary N) is 1. The van der Waals surface area contributed by atoms with Gasteiger partial charge in [0.2, 0.25) is 5.91 Å². The van der Waals surface area contributed by atoms with E-state index in [0.29, 0.717) is 32.5 Å². The second kappa shape index (κ2) is 11.3. The number of nitrogens with zero attached hydrogens (tertiary/aromatic N) is 2. The Morgan fingerprint density at radius 3 is 2.39 bits per heavy atom.